The molecule has 0 aromatic heterocycles. The van der Waals surface area contributed by atoms with E-state index in [1.807, 2.05) is 18.2 Å². The molecule has 0 radical (unpaired) electrons. The third kappa shape index (κ3) is 1.28. The molecule has 0 unspecified atom stereocenters. The quantitative estimate of drug-likeness (QED) is 0.676. The molecule has 1 aromatic rings. The molecule has 0 atom stereocenters. The Morgan fingerprint density at radius 2 is 2.21 bits per heavy atom. The van der Waals surface area contributed by atoms with Gasteiger partial charge in [0.25, 0.3) is 0 Å². The lowest BCUT2D eigenvalue weighted by molar-refractivity contribution is -0.116. The van der Waals surface area contributed by atoms with Crippen LogP contribution in [0.4, 0.5) is 5.69 Å². The number of amides is 1. The number of benzene rings is 1. The molecule has 4 heteroatoms. The number of hydrogen-bond acceptors (Lipinski definition) is 3. The van der Waals surface area contributed by atoms with Crippen molar-refractivity contribution in [3.8, 4) is 11.5 Å². The van der Waals surface area contributed by atoms with Gasteiger partial charge in [-0.15, -0.1) is 0 Å². The summed E-state index contributed by atoms with van der Waals surface area (Å²) in [6, 6.07) is 5.48. The molecule has 0 N–H and O–H groups in total. The largest absolute Gasteiger partial charge is 0.454 e. The zero-order chi connectivity index (χ0) is 10.1. The van der Waals surface area contributed by atoms with Gasteiger partial charge >= 0.3 is 0 Å². The van der Waals surface area contributed by atoms with Gasteiger partial charge in [0.15, 0.2) is 11.5 Å². The summed E-state index contributed by atoms with van der Waals surface area (Å²) in [4.78, 5) is 12.7. The number of ether oxygens (including phenoxy) is 2. The summed E-state index contributed by atoms with van der Waals surface area (Å²) in [7, 11) is 1.71. The number of anilines is 1. The Hall–Kier alpha value is -1.71. The monoisotopic (exact) mass is 193 g/mol. The number of hydrogen-bond donors (Lipinski definition) is 0. The highest BCUT2D eigenvalue weighted by molar-refractivity contribution is 5.93. The van der Waals surface area contributed by atoms with Crippen LogP contribution in [0.25, 0.3) is 0 Å². The number of para-hydroxylation sites is 1. The van der Waals surface area contributed by atoms with Gasteiger partial charge in [0, 0.05) is 14.0 Å². The average molecular weight is 193 g/mol. The SMILES string of the molecule is CC(=O)N(C)c1cccc2c1OCO2. The van der Waals surface area contributed by atoms with E-state index < -0.39 is 0 Å². The second-order valence-corrected chi connectivity index (χ2v) is 3.09. The highest BCUT2D eigenvalue weighted by atomic mass is 16.7. The lowest BCUT2D eigenvalue weighted by Crippen LogP contribution is -2.23. The zero-order valence-corrected chi connectivity index (χ0v) is 8.11. The van der Waals surface area contributed by atoms with Gasteiger partial charge in [0.1, 0.15) is 0 Å². The van der Waals surface area contributed by atoms with Gasteiger partial charge in [-0.2, -0.15) is 0 Å². The standard InChI is InChI=1S/C10H11NO3/c1-7(12)11(2)8-4-3-5-9-10(8)14-6-13-9/h3-5H,6H2,1-2H3. The molecule has 1 aromatic carbocycles. The number of carbonyl (C=O) groups is 1. The predicted molar refractivity (Wildman–Crippen MR) is 51.6 cm³/mol. The molecule has 0 spiro atoms. The second-order valence-electron chi connectivity index (χ2n) is 3.09. The first-order valence-corrected chi connectivity index (χ1v) is 4.33. The minimum atomic E-state index is -0.0334. The predicted octanol–water partition coefficient (Wildman–Crippen LogP) is 1.40. The molecule has 0 saturated carbocycles. The van der Waals surface area contributed by atoms with Crippen molar-refractivity contribution in [3.05, 3.63) is 18.2 Å². The highest BCUT2D eigenvalue weighted by Crippen LogP contribution is 2.40. The van der Waals surface area contributed by atoms with Crippen molar-refractivity contribution in [1.29, 1.82) is 0 Å². The molecule has 0 bridgehead atoms. The minimum Gasteiger partial charge on any atom is -0.454 e. The maximum Gasteiger partial charge on any atom is 0.231 e. The normalized spacial score (nSPS) is 12.7. The molecule has 1 amide bonds. The van der Waals surface area contributed by atoms with E-state index in [0.29, 0.717) is 11.5 Å². The molecule has 0 fully saturated rings. The molecular weight excluding hydrogens is 182 g/mol. The lowest BCUT2D eigenvalue weighted by Gasteiger charge is -2.16. The molecule has 4 nitrogen and oxygen atoms in total. The van der Waals surface area contributed by atoms with Gasteiger partial charge in [0.05, 0.1) is 5.69 Å². The van der Waals surface area contributed by atoms with Crippen LogP contribution in [0.5, 0.6) is 11.5 Å². The fourth-order valence-corrected chi connectivity index (χ4v) is 1.35. The van der Waals surface area contributed by atoms with Crippen LogP contribution in [0.15, 0.2) is 18.2 Å². The summed E-state index contributed by atoms with van der Waals surface area (Å²) in [5, 5.41) is 0. The zero-order valence-electron chi connectivity index (χ0n) is 8.11. The van der Waals surface area contributed by atoms with Crippen LogP contribution >= 0.6 is 0 Å². The highest BCUT2D eigenvalue weighted by Gasteiger charge is 2.20. The summed E-state index contributed by atoms with van der Waals surface area (Å²) in [6.07, 6.45) is 0. The molecule has 1 heterocycles. The Bertz CT molecular complexity index is 376. The van der Waals surface area contributed by atoms with E-state index in [2.05, 4.69) is 0 Å². The van der Waals surface area contributed by atoms with Crippen molar-refractivity contribution in [1.82, 2.24) is 0 Å². The molecular formula is C10H11NO3. The van der Waals surface area contributed by atoms with Crippen LogP contribution in [0.1, 0.15) is 6.92 Å². The summed E-state index contributed by atoms with van der Waals surface area (Å²) in [5.74, 6) is 1.30. The van der Waals surface area contributed by atoms with Gasteiger partial charge in [-0.1, -0.05) is 6.07 Å². The van der Waals surface area contributed by atoms with E-state index in [4.69, 9.17) is 9.47 Å². The number of nitrogens with zero attached hydrogens (tertiary/aromatic N) is 1. The van der Waals surface area contributed by atoms with Crippen LogP contribution in [-0.2, 0) is 4.79 Å². The maximum absolute atomic E-state index is 11.2. The van der Waals surface area contributed by atoms with Crippen molar-refractivity contribution in [2.75, 3.05) is 18.7 Å². The Balaban J connectivity index is 2.44. The van der Waals surface area contributed by atoms with E-state index >= 15 is 0 Å². The van der Waals surface area contributed by atoms with Gasteiger partial charge in [-0.3, -0.25) is 4.79 Å². The van der Waals surface area contributed by atoms with Crippen molar-refractivity contribution in [2.24, 2.45) is 0 Å². The molecule has 0 saturated heterocycles. The molecule has 1 aliphatic heterocycles. The molecule has 1 aliphatic rings. The van der Waals surface area contributed by atoms with Crippen molar-refractivity contribution < 1.29 is 14.3 Å². The van der Waals surface area contributed by atoms with Gasteiger partial charge in [-0.25, -0.2) is 0 Å². The lowest BCUT2D eigenvalue weighted by atomic mass is 10.2. The average Bonchev–Trinajstić information content (AvgIpc) is 2.63. The van der Waals surface area contributed by atoms with E-state index in [1.54, 1.807) is 7.05 Å². The van der Waals surface area contributed by atoms with Crippen molar-refractivity contribution >= 4 is 11.6 Å². The van der Waals surface area contributed by atoms with E-state index in [1.165, 1.54) is 11.8 Å². The van der Waals surface area contributed by atoms with Crippen LogP contribution in [0.3, 0.4) is 0 Å². The smallest absolute Gasteiger partial charge is 0.231 e. The molecule has 74 valence electrons. The number of fused-ring (bicyclic) bond motifs is 1. The van der Waals surface area contributed by atoms with Gasteiger partial charge in [-0.05, 0) is 12.1 Å². The third-order valence-corrected chi connectivity index (χ3v) is 2.21. The Kier molecular flexibility index (Phi) is 2.04. The molecule has 14 heavy (non-hydrogen) atoms. The molecule has 2 rings (SSSR count). The van der Waals surface area contributed by atoms with Crippen molar-refractivity contribution in [2.45, 2.75) is 6.92 Å². The second kappa shape index (κ2) is 3.21. The van der Waals surface area contributed by atoms with Crippen LogP contribution in [0.2, 0.25) is 0 Å². The first-order chi connectivity index (χ1) is 6.70. The van der Waals surface area contributed by atoms with Crippen molar-refractivity contribution in [3.63, 3.8) is 0 Å². The van der Waals surface area contributed by atoms with Crippen LogP contribution in [-0.4, -0.2) is 19.7 Å². The Morgan fingerprint density at radius 1 is 1.43 bits per heavy atom. The fraction of sp³-hybridized carbons (Fsp3) is 0.300. The molecule has 0 aliphatic carbocycles. The van der Waals surface area contributed by atoms with Gasteiger partial charge < -0.3 is 14.4 Å². The van der Waals surface area contributed by atoms with E-state index in [9.17, 15) is 4.79 Å². The first-order valence-electron chi connectivity index (χ1n) is 4.33. The fourth-order valence-electron chi connectivity index (χ4n) is 1.35. The first kappa shape index (κ1) is 8.87. The third-order valence-electron chi connectivity index (χ3n) is 2.21. The van der Waals surface area contributed by atoms with E-state index in [-0.39, 0.29) is 12.7 Å². The Labute approximate surface area is 82.0 Å². The summed E-state index contributed by atoms with van der Waals surface area (Å²) in [6.45, 7) is 1.73. The maximum atomic E-state index is 11.2. The van der Waals surface area contributed by atoms with E-state index in [0.717, 1.165) is 5.69 Å². The van der Waals surface area contributed by atoms with Crippen LogP contribution < -0.4 is 14.4 Å². The number of carbonyl (C=O) groups excluding carboxylic acids is 1. The minimum absolute atomic E-state index is 0.0334. The number of rotatable bonds is 1. The topological polar surface area (TPSA) is 38.8 Å². The summed E-state index contributed by atoms with van der Waals surface area (Å²) in [5.41, 5.74) is 0.743. The summed E-state index contributed by atoms with van der Waals surface area (Å²) >= 11 is 0. The summed E-state index contributed by atoms with van der Waals surface area (Å²) < 4.78 is 10.5. The Morgan fingerprint density at radius 3 is 2.93 bits per heavy atom. The van der Waals surface area contributed by atoms with Gasteiger partial charge in [0.2, 0.25) is 12.7 Å². The van der Waals surface area contributed by atoms with Crippen LogP contribution in [0, 0.1) is 0 Å².